The topological polar surface area (TPSA) is 70.1 Å². The van der Waals surface area contributed by atoms with E-state index in [0.29, 0.717) is 13.1 Å². The average molecular weight is 374 g/mol. The molecule has 3 aliphatic rings. The third kappa shape index (κ3) is 4.17. The van der Waals surface area contributed by atoms with Crippen LogP contribution in [0.3, 0.4) is 0 Å². The Bertz CT molecular complexity index is 643. The lowest BCUT2D eigenvalue weighted by molar-refractivity contribution is -0.151. The summed E-state index contributed by atoms with van der Waals surface area (Å²) in [5.41, 5.74) is 1.27. The molecule has 1 amide bonds. The van der Waals surface area contributed by atoms with Gasteiger partial charge in [0.1, 0.15) is 0 Å². The fraction of sp³-hybridized carbons (Fsp3) is 0.619. The highest BCUT2D eigenvalue weighted by molar-refractivity contribution is 5.86. The van der Waals surface area contributed by atoms with Gasteiger partial charge in [0.05, 0.1) is 24.0 Å². The van der Waals surface area contributed by atoms with Crippen LogP contribution >= 0.6 is 0 Å². The number of carbonyl (C=O) groups is 2. The van der Waals surface area contributed by atoms with Gasteiger partial charge in [0.15, 0.2) is 0 Å². The first-order chi connectivity index (χ1) is 13.1. The number of carboxylic acids is 1. The van der Waals surface area contributed by atoms with Crippen LogP contribution in [0.4, 0.5) is 0 Å². The van der Waals surface area contributed by atoms with Crippen LogP contribution in [0.1, 0.15) is 32.3 Å². The SMILES string of the molecule is CC.O=C(O)C1C2CCC(O2)C1C(=O)N1CCN(Cc2ccccc2)CC1. The molecular formula is C21H30N2O4. The number of ether oxygens (including phenoxy) is 1. The van der Waals surface area contributed by atoms with Crippen molar-refractivity contribution in [2.45, 2.75) is 45.4 Å². The Morgan fingerprint density at radius 2 is 1.59 bits per heavy atom. The Labute approximate surface area is 161 Å². The Kier molecular flexibility index (Phi) is 6.50. The van der Waals surface area contributed by atoms with Crippen molar-refractivity contribution in [2.24, 2.45) is 11.8 Å². The molecule has 0 spiro atoms. The summed E-state index contributed by atoms with van der Waals surface area (Å²) in [5, 5.41) is 9.50. The molecule has 3 aliphatic heterocycles. The Balaban J connectivity index is 0.00000102. The summed E-state index contributed by atoms with van der Waals surface area (Å²) in [6, 6.07) is 10.3. The summed E-state index contributed by atoms with van der Waals surface area (Å²) < 4.78 is 5.73. The minimum Gasteiger partial charge on any atom is -0.481 e. The molecule has 4 rings (SSSR count). The average Bonchev–Trinajstić information content (AvgIpc) is 3.32. The van der Waals surface area contributed by atoms with Crippen molar-refractivity contribution in [3.63, 3.8) is 0 Å². The summed E-state index contributed by atoms with van der Waals surface area (Å²) in [5.74, 6) is -2.10. The third-order valence-corrected chi connectivity index (χ3v) is 5.78. The molecular weight excluding hydrogens is 344 g/mol. The van der Waals surface area contributed by atoms with Crippen molar-refractivity contribution in [3.8, 4) is 0 Å². The van der Waals surface area contributed by atoms with Gasteiger partial charge in [-0.2, -0.15) is 0 Å². The van der Waals surface area contributed by atoms with Gasteiger partial charge in [-0.25, -0.2) is 0 Å². The predicted octanol–water partition coefficient (Wildman–Crippen LogP) is 2.24. The zero-order chi connectivity index (χ0) is 19.4. The van der Waals surface area contributed by atoms with Crippen molar-refractivity contribution in [1.29, 1.82) is 0 Å². The van der Waals surface area contributed by atoms with Gasteiger partial charge in [0.2, 0.25) is 5.91 Å². The van der Waals surface area contributed by atoms with Gasteiger partial charge in [-0.05, 0) is 18.4 Å². The van der Waals surface area contributed by atoms with E-state index in [-0.39, 0.29) is 18.1 Å². The number of carboxylic acid groups (broad SMARTS) is 1. The van der Waals surface area contributed by atoms with E-state index in [0.717, 1.165) is 32.5 Å². The minimum absolute atomic E-state index is 0.0287. The van der Waals surface area contributed by atoms with E-state index in [1.165, 1.54) is 5.56 Å². The maximum Gasteiger partial charge on any atom is 0.310 e. The molecule has 3 heterocycles. The minimum atomic E-state index is -0.895. The molecule has 0 radical (unpaired) electrons. The van der Waals surface area contributed by atoms with Crippen LogP contribution < -0.4 is 0 Å². The third-order valence-electron chi connectivity index (χ3n) is 5.78. The van der Waals surface area contributed by atoms with Crippen LogP contribution in [0.5, 0.6) is 0 Å². The predicted molar refractivity (Wildman–Crippen MR) is 102 cm³/mol. The normalized spacial score (nSPS) is 29.9. The van der Waals surface area contributed by atoms with Crippen LogP contribution in [0, 0.1) is 11.8 Å². The van der Waals surface area contributed by atoms with Crippen LogP contribution in [-0.2, 0) is 20.9 Å². The smallest absolute Gasteiger partial charge is 0.310 e. The zero-order valence-electron chi connectivity index (χ0n) is 16.2. The molecule has 0 saturated carbocycles. The van der Waals surface area contributed by atoms with Gasteiger partial charge >= 0.3 is 5.97 Å². The fourth-order valence-corrected chi connectivity index (χ4v) is 4.48. The van der Waals surface area contributed by atoms with Gasteiger partial charge in [-0.3, -0.25) is 14.5 Å². The molecule has 27 heavy (non-hydrogen) atoms. The maximum atomic E-state index is 12.9. The molecule has 0 aromatic heterocycles. The molecule has 3 fully saturated rings. The van der Waals surface area contributed by atoms with Crippen molar-refractivity contribution in [2.75, 3.05) is 26.2 Å². The molecule has 2 bridgehead atoms. The van der Waals surface area contributed by atoms with Crippen molar-refractivity contribution in [3.05, 3.63) is 35.9 Å². The number of aliphatic carboxylic acids is 1. The van der Waals surface area contributed by atoms with Crippen LogP contribution in [-0.4, -0.2) is 65.2 Å². The second-order valence-corrected chi connectivity index (χ2v) is 7.27. The van der Waals surface area contributed by atoms with E-state index in [1.807, 2.05) is 36.9 Å². The van der Waals surface area contributed by atoms with Crippen molar-refractivity contribution < 1.29 is 19.4 Å². The highest BCUT2D eigenvalue weighted by Crippen LogP contribution is 2.44. The number of rotatable bonds is 4. The van der Waals surface area contributed by atoms with E-state index < -0.39 is 17.8 Å². The van der Waals surface area contributed by atoms with Gasteiger partial charge in [0.25, 0.3) is 0 Å². The largest absolute Gasteiger partial charge is 0.481 e. The number of nitrogens with zero attached hydrogens (tertiary/aromatic N) is 2. The molecule has 1 aromatic carbocycles. The number of amides is 1. The second-order valence-electron chi connectivity index (χ2n) is 7.27. The first kappa shape index (κ1) is 19.8. The van der Waals surface area contributed by atoms with E-state index >= 15 is 0 Å². The lowest BCUT2D eigenvalue weighted by atomic mass is 9.78. The van der Waals surface area contributed by atoms with E-state index in [2.05, 4.69) is 17.0 Å². The van der Waals surface area contributed by atoms with E-state index in [9.17, 15) is 14.7 Å². The molecule has 4 atom stereocenters. The van der Waals surface area contributed by atoms with Gasteiger partial charge in [0, 0.05) is 32.7 Å². The van der Waals surface area contributed by atoms with E-state index in [1.54, 1.807) is 0 Å². The van der Waals surface area contributed by atoms with E-state index in [4.69, 9.17) is 4.74 Å². The van der Waals surface area contributed by atoms with Gasteiger partial charge < -0.3 is 14.7 Å². The van der Waals surface area contributed by atoms with Crippen molar-refractivity contribution >= 4 is 11.9 Å². The summed E-state index contributed by atoms with van der Waals surface area (Å²) in [6.45, 7) is 7.84. The molecule has 3 saturated heterocycles. The number of piperazine rings is 1. The number of carbonyl (C=O) groups excluding carboxylic acids is 1. The van der Waals surface area contributed by atoms with Crippen molar-refractivity contribution in [1.82, 2.24) is 9.80 Å². The standard InChI is InChI=1S/C19H24N2O4.C2H6/c22-18(16-14-6-7-15(25-14)17(16)19(23)24)21-10-8-20(9-11-21)12-13-4-2-1-3-5-13;1-2/h1-5,14-17H,6-12H2,(H,23,24);1-2H3. The second kappa shape index (κ2) is 8.85. The van der Waals surface area contributed by atoms with Crippen LogP contribution in [0.25, 0.3) is 0 Å². The van der Waals surface area contributed by atoms with Crippen LogP contribution in [0.15, 0.2) is 30.3 Å². The molecule has 6 heteroatoms. The summed E-state index contributed by atoms with van der Waals surface area (Å²) in [4.78, 5) is 28.7. The lowest BCUT2D eigenvalue weighted by Crippen LogP contribution is -2.53. The number of fused-ring (bicyclic) bond motifs is 2. The molecule has 1 N–H and O–H groups in total. The van der Waals surface area contributed by atoms with Crippen LogP contribution in [0.2, 0.25) is 0 Å². The fourth-order valence-electron chi connectivity index (χ4n) is 4.48. The molecule has 0 aliphatic carbocycles. The molecule has 6 nitrogen and oxygen atoms in total. The molecule has 1 aromatic rings. The van der Waals surface area contributed by atoms with Gasteiger partial charge in [-0.15, -0.1) is 0 Å². The first-order valence-electron chi connectivity index (χ1n) is 10.1. The number of hydrogen-bond acceptors (Lipinski definition) is 4. The highest BCUT2D eigenvalue weighted by atomic mass is 16.5. The zero-order valence-corrected chi connectivity index (χ0v) is 16.2. The quantitative estimate of drug-likeness (QED) is 0.875. The molecule has 148 valence electrons. The summed E-state index contributed by atoms with van der Waals surface area (Å²) in [7, 11) is 0. The Morgan fingerprint density at radius 3 is 2.19 bits per heavy atom. The summed E-state index contributed by atoms with van der Waals surface area (Å²) >= 11 is 0. The monoisotopic (exact) mass is 374 g/mol. The highest BCUT2D eigenvalue weighted by Gasteiger charge is 2.56. The summed E-state index contributed by atoms with van der Waals surface area (Å²) in [6.07, 6.45) is 1.08. The molecule has 4 unspecified atom stereocenters. The first-order valence-corrected chi connectivity index (χ1v) is 10.1. The maximum absolute atomic E-state index is 12.9. The Hall–Kier alpha value is -1.92. The lowest BCUT2D eigenvalue weighted by Gasteiger charge is -2.37. The number of hydrogen-bond donors (Lipinski definition) is 1. The Morgan fingerprint density at radius 1 is 1.00 bits per heavy atom. The number of benzene rings is 1. The van der Waals surface area contributed by atoms with Gasteiger partial charge in [-0.1, -0.05) is 44.2 Å².